The Morgan fingerprint density at radius 2 is 2.18 bits per heavy atom. The third-order valence-electron chi connectivity index (χ3n) is 0.992. The molecule has 0 saturated heterocycles. The summed E-state index contributed by atoms with van der Waals surface area (Å²) in [7, 11) is 1.81. The molecule has 0 aromatic carbocycles. The van der Waals surface area contributed by atoms with Gasteiger partial charge in [-0.1, -0.05) is 0 Å². The van der Waals surface area contributed by atoms with E-state index in [2.05, 4.69) is 10.6 Å². The van der Waals surface area contributed by atoms with Crippen LogP contribution in [0.5, 0.6) is 0 Å². The quantitative estimate of drug-likeness (QED) is 0.583. The Balaban J connectivity index is 3.23. The number of hydrogen-bond donors (Lipinski definition) is 2. The van der Waals surface area contributed by atoms with Gasteiger partial charge in [-0.3, -0.25) is 0 Å². The second kappa shape index (κ2) is 5.97. The summed E-state index contributed by atoms with van der Waals surface area (Å²) in [4.78, 5) is 10.8. The second-order valence-corrected chi connectivity index (χ2v) is 2.54. The zero-order valence-corrected chi connectivity index (χ0v) is 7.31. The van der Waals surface area contributed by atoms with Crippen molar-refractivity contribution in [1.29, 1.82) is 0 Å². The van der Waals surface area contributed by atoms with Crippen LogP contribution < -0.4 is 10.6 Å². The van der Waals surface area contributed by atoms with Gasteiger partial charge in [0.05, 0.1) is 0 Å². The summed E-state index contributed by atoms with van der Waals surface area (Å²) in [6.45, 7) is 4.87. The lowest BCUT2D eigenvalue weighted by Crippen LogP contribution is -2.32. The van der Waals surface area contributed by atoms with E-state index in [-0.39, 0.29) is 12.1 Å². The number of rotatable bonds is 4. The molecule has 0 atom stereocenters. The largest absolute Gasteiger partial charge is 0.448 e. The van der Waals surface area contributed by atoms with Crippen LogP contribution in [0.15, 0.2) is 0 Å². The van der Waals surface area contributed by atoms with Gasteiger partial charge in [-0.05, 0) is 20.9 Å². The van der Waals surface area contributed by atoms with Gasteiger partial charge in [0.15, 0.2) is 0 Å². The third kappa shape index (κ3) is 7.12. The van der Waals surface area contributed by atoms with Gasteiger partial charge >= 0.3 is 6.09 Å². The molecule has 66 valence electrons. The Hall–Kier alpha value is -0.770. The zero-order valence-electron chi connectivity index (χ0n) is 7.31. The van der Waals surface area contributed by atoms with Crippen LogP contribution in [0.4, 0.5) is 4.79 Å². The maximum absolute atomic E-state index is 10.8. The monoisotopic (exact) mass is 160 g/mol. The SMILES string of the molecule is CNCCOC(=O)NC(C)C. The highest BCUT2D eigenvalue weighted by Crippen LogP contribution is 1.80. The van der Waals surface area contributed by atoms with Crippen molar-refractivity contribution in [2.24, 2.45) is 0 Å². The Morgan fingerprint density at radius 3 is 2.64 bits per heavy atom. The van der Waals surface area contributed by atoms with Crippen LogP contribution in [-0.4, -0.2) is 32.3 Å². The Kier molecular flexibility index (Phi) is 5.56. The first-order chi connectivity index (χ1) is 5.16. The highest BCUT2D eigenvalue weighted by atomic mass is 16.5. The summed E-state index contributed by atoms with van der Waals surface area (Å²) in [6, 6.07) is 0.136. The summed E-state index contributed by atoms with van der Waals surface area (Å²) < 4.78 is 4.78. The summed E-state index contributed by atoms with van der Waals surface area (Å²) >= 11 is 0. The molecule has 0 fully saturated rings. The van der Waals surface area contributed by atoms with E-state index in [1.54, 1.807) is 0 Å². The van der Waals surface area contributed by atoms with Crippen LogP contribution in [-0.2, 0) is 4.74 Å². The number of hydrogen-bond acceptors (Lipinski definition) is 3. The molecule has 0 radical (unpaired) electrons. The summed E-state index contributed by atoms with van der Waals surface area (Å²) in [5.41, 5.74) is 0. The lowest BCUT2D eigenvalue weighted by atomic mass is 10.4. The highest BCUT2D eigenvalue weighted by Gasteiger charge is 2.01. The smallest absolute Gasteiger partial charge is 0.407 e. The van der Waals surface area contributed by atoms with Gasteiger partial charge in [-0.15, -0.1) is 0 Å². The van der Waals surface area contributed by atoms with E-state index in [0.717, 1.165) is 0 Å². The van der Waals surface area contributed by atoms with Crippen molar-refractivity contribution in [2.45, 2.75) is 19.9 Å². The van der Waals surface area contributed by atoms with E-state index < -0.39 is 0 Å². The standard InChI is InChI=1S/C7H16N2O2/c1-6(2)9-7(10)11-5-4-8-3/h6,8H,4-5H2,1-3H3,(H,9,10). The van der Waals surface area contributed by atoms with Gasteiger partial charge in [-0.25, -0.2) is 4.79 Å². The first kappa shape index (κ1) is 10.2. The van der Waals surface area contributed by atoms with Crippen LogP contribution >= 0.6 is 0 Å². The fraction of sp³-hybridized carbons (Fsp3) is 0.857. The van der Waals surface area contributed by atoms with Crippen molar-refractivity contribution < 1.29 is 9.53 Å². The van der Waals surface area contributed by atoms with Crippen molar-refractivity contribution in [3.63, 3.8) is 0 Å². The number of alkyl carbamates (subject to hydrolysis) is 1. The van der Waals surface area contributed by atoms with Crippen LogP contribution in [0, 0.1) is 0 Å². The number of carbonyl (C=O) groups is 1. The molecule has 11 heavy (non-hydrogen) atoms. The summed E-state index contributed by atoms with van der Waals surface area (Å²) in [5.74, 6) is 0. The molecule has 0 aliphatic rings. The molecule has 1 amide bonds. The van der Waals surface area contributed by atoms with Crippen molar-refractivity contribution >= 4 is 6.09 Å². The van der Waals surface area contributed by atoms with Gasteiger partial charge in [0, 0.05) is 12.6 Å². The van der Waals surface area contributed by atoms with Gasteiger partial charge < -0.3 is 15.4 Å². The van der Waals surface area contributed by atoms with Crippen molar-refractivity contribution in [1.82, 2.24) is 10.6 Å². The van der Waals surface area contributed by atoms with E-state index in [9.17, 15) is 4.79 Å². The molecule has 0 rings (SSSR count). The predicted molar refractivity (Wildman–Crippen MR) is 43.5 cm³/mol. The molecule has 0 aromatic rings. The molecule has 0 aromatic heterocycles. The number of nitrogens with one attached hydrogen (secondary N) is 2. The Bertz CT molecular complexity index is 115. The Morgan fingerprint density at radius 1 is 1.55 bits per heavy atom. The van der Waals surface area contributed by atoms with Crippen molar-refractivity contribution in [3.8, 4) is 0 Å². The lowest BCUT2D eigenvalue weighted by molar-refractivity contribution is 0.145. The van der Waals surface area contributed by atoms with E-state index in [1.165, 1.54) is 0 Å². The molecule has 0 bridgehead atoms. The molecular formula is C7H16N2O2. The van der Waals surface area contributed by atoms with Gasteiger partial charge in [0.1, 0.15) is 6.61 Å². The first-order valence-electron chi connectivity index (χ1n) is 3.74. The minimum Gasteiger partial charge on any atom is -0.448 e. The molecule has 0 aliphatic carbocycles. The topological polar surface area (TPSA) is 50.4 Å². The molecule has 2 N–H and O–H groups in total. The molecule has 0 aliphatic heterocycles. The maximum atomic E-state index is 10.8. The van der Waals surface area contributed by atoms with Gasteiger partial charge in [0.25, 0.3) is 0 Å². The minimum absolute atomic E-state index is 0.136. The summed E-state index contributed by atoms with van der Waals surface area (Å²) in [6.07, 6.45) is -0.352. The van der Waals surface area contributed by atoms with Crippen molar-refractivity contribution in [3.05, 3.63) is 0 Å². The Labute approximate surface area is 67.3 Å². The van der Waals surface area contributed by atoms with Crippen molar-refractivity contribution in [2.75, 3.05) is 20.2 Å². The van der Waals surface area contributed by atoms with Gasteiger partial charge in [-0.2, -0.15) is 0 Å². The van der Waals surface area contributed by atoms with Crippen LogP contribution in [0.2, 0.25) is 0 Å². The van der Waals surface area contributed by atoms with E-state index >= 15 is 0 Å². The maximum Gasteiger partial charge on any atom is 0.407 e. The first-order valence-corrected chi connectivity index (χ1v) is 3.74. The normalized spacial score (nSPS) is 9.82. The second-order valence-electron chi connectivity index (χ2n) is 2.54. The van der Waals surface area contributed by atoms with Crippen LogP contribution in [0.25, 0.3) is 0 Å². The highest BCUT2D eigenvalue weighted by molar-refractivity contribution is 5.67. The molecule has 0 saturated carbocycles. The molecule has 0 unspecified atom stereocenters. The molecule has 4 heteroatoms. The number of likely N-dealkylation sites (N-methyl/N-ethyl adjacent to an activating group) is 1. The summed E-state index contributed by atoms with van der Waals surface area (Å²) in [5, 5.41) is 5.48. The average Bonchev–Trinajstić information content (AvgIpc) is 1.86. The fourth-order valence-electron chi connectivity index (χ4n) is 0.523. The average molecular weight is 160 g/mol. The number of amides is 1. The van der Waals surface area contributed by atoms with Gasteiger partial charge in [0.2, 0.25) is 0 Å². The third-order valence-corrected chi connectivity index (χ3v) is 0.992. The van der Waals surface area contributed by atoms with E-state index in [1.807, 2.05) is 20.9 Å². The zero-order chi connectivity index (χ0) is 8.69. The number of carbonyl (C=O) groups excluding carboxylic acids is 1. The predicted octanol–water partition coefficient (Wildman–Crippen LogP) is 0.340. The molecule has 4 nitrogen and oxygen atoms in total. The van der Waals surface area contributed by atoms with Crippen LogP contribution in [0.1, 0.15) is 13.8 Å². The fourth-order valence-corrected chi connectivity index (χ4v) is 0.523. The molecular weight excluding hydrogens is 144 g/mol. The number of ether oxygens (including phenoxy) is 1. The van der Waals surface area contributed by atoms with E-state index in [0.29, 0.717) is 13.2 Å². The lowest BCUT2D eigenvalue weighted by Gasteiger charge is -2.08. The minimum atomic E-state index is -0.352. The van der Waals surface area contributed by atoms with E-state index in [4.69, 9.17) is 4.74 Å². The molecule has 0 spiro atoms. The molecule has 0 heterocycles. The van der Waals surface area contributed by atoms with Crippen LogP contribution in [0.3, 0.4) is 0 Å².